The number of carboxylic acids is 1. The van der Waals surface area contributed by atoms with Crippen LogP contribution in [0.15, 0.2) is 48.6 Å². The smallest absolute Gasteiger partial charge is 0.303 e. The highest BCUT2D eigenvalue weighted by atomic mass is 16.4. The molecule has 0 aliphatic carbocycles. The molecule has 0 aromatic carbocycles. The van der Waals surface area contributed by atoms with Crippen LogP contribution in [0.25, 0.3) is 0 Å². The summed E-state index contributed by atoms with van der Waals surface area (Å²) in [6.07, 6.45) is 23.5. The second-order valence-corrected chi connectivity index (χ2v) is 5.54. The van der Waals surface area contributed by atoms with Crippen LogP contribution in [-0.2, 0) is 4.79 Å². The second kappa shape index (κ2) is 16.8. The lowest BCUT2D eigenvalue weighted by Crippen LogP contribution is -1.95. The summed E-state index contributed by atoms with van der Waals surface area (Å²) in [4.78, 5) is 10.3. The van der Waals surface area contributed by atoms with Crippen molar-refractivity contribution in [1.29, 1.82) is 0 Å². The third-order valence-corrected chi connectivity index (χ3v) is 3.28. The molecule has 1 atom stereocenters. The van der Waals surface area contributed by atoms with Crippen molar-refractivity contribution in [2.75, 3.05) is 0 Å². The Bertz CT molecular complexity index is 392. The van der Waals surface area contributed by atoms with Crippen LogP contribution in [0.5, 0.6) is 0 Å². The quantitative estimate of drug-likeness (QED) is 0.342. The highest BCUT2D eigenvalue weighted by molar-refractivity contribution is 5.66. The first kappa shape index (κ1) is 21.4. The fourth-order valence-electron chi connectivity index (χ4n) is 1.96. The third kappa shape index (κ3) is 18.3. The Balaban J connectivity index is 3.60. The van der Waals surface area contributed by atoms with Gasteiger partial charge in [-0.15, -0.1) is 0 Å². The molecule has 0 radical (unpaired) electrons. The zero-order valence-electron chi connectivity index (χ0n) is 14.4. The molecule has 0 amide bonds. The van der Waals surface area contributed by atoms with Gasteiger partial charge >= 0.3 is 5.97 Å². The van der Waals surface area contributed by atoms with Gasteiger partial charge in [-0.3, -0.25) is 4.79 Å². The van der Waals surface area contributed by atoms with Crippen LogP contribution < -0.4 is 0 Å². The number of carboxylic acid groups (broad SMARTS) is 1. The molecule has 0 aromatic rings. The molecule has 0 aliphatic heterocycles. The molecule has 0 aromatic heterocycles. The highest BCUT2D eigenvalue weighted by Gasteiger charge is 1.92. The molecule has 0 heterocycles. The number of rotatable bonds is 14. The Morgan fingerprint density at radius 2 is 1.48 bits per heavy atom. The number of carbonyl (C=O) groups is 1. The Morgan fingerprint density at radius 3 is 2.17 bits per heavy atom. The van der Waals surface area contributed by atoms with Crippen molar-refractivity contribution >= 4 is 5.97 Å². The average Bonchev–Trinajstić information content (AvgIpc) is 2.52. The molecule has 0 spiro atoms. The Hall–Kier alpha value is -1.61. The monoisotopic (exact) mass is 320 g/mol. The van der Waals surface area contributed by atoms with Crippen molar-refractivity contribution < 1.29 is 15.0 Å². The molecule has 0 saturated carbocycles. The van der Waals surface area contributed by atoms with E-state index in [2.05, 4.69) is 31.2 Å². The maximum absolute atomic E-state index is 10.3. The lowest BCUT2D eigenvalue weighted by atomic mass is 10.2. The van der Waals surface area contributed by atoms with Crippen LogP contribution in [0, 0.1) is 0 Å². The minimum absolute atomic E-state index is 0.236. The molecule has 0 bridgehead atoms. The minimum atomic E-state index is -0.733. The van der Waals surface area contributed by atoms with Crippen molar-refractivity contribution in [2.45, 2.75) is 70.8 Å². The van der Waals surface area contributed by atoms with E-state index < -0.39 is 12.1 Å². The summed E-state index contributed by atoms with van der Waals surface area (Å²) in [5.74, 6) is -0.733. The van der Waals surface area contributed by atoms with Gasteiger partial charge in [0.2, 0.25) is 0 Å². The summed E-state index contributed by atoms with van der Waals surface area (Å²) in [6, 6.07) is 0. The van der Waals surface area contributed by atoms with Crippen LogP contribution in [-0.4, -0.2) is 22.3 Å². The standard InChI is InChI=1S/C20H32O3/c1-2-3-4-10-13-16-19(21)17-14-11-8-6-5-7-9-12-15-18-20(22)23/h6-9,13-14,16-17,19,21H,2-5,10-12,15,18H2,1H3,(H,22,23)/b8-6-,9-7-,16-13-,17-14-/t19-/m1/s1. The maximum Gasteiger partial charge on any atom is 0.303 e. The van der Waals surface area contributed by atoms with Gasteiger partial charge in [-0.1, -0.05) is 68.4 Å². The predicted octanol–water partition coefficient (Wildman–Crippen LogP) is 5.19. The summed E-state index contributed by atoms with van der Waals surface area (Å²) in [6.45, 7) is 2.18. The zero-order valence-corrected chi connectivity index (χ0v) is 14.4. The molecule has 3 nitrogen and oxygen atoms in total. The van der Waals surface area contributed by atoms with Gasteiger partial charge in [0.1, 0.15) is 0 Å². The van der Waals surface area contributed by atoms with E-state index in [9.17, 15) is 9.90 Å². The van der Waals surface area contributed by atoms with Gasteiger partial charge in [0, 0.05) is 6.42 Å². The number of aliphatic carboxylic acids is 1. The van der Waals surface area contributed by atoms with Crippen molar-refractivity contribution in [3.8, 4) is 0 Å². The molecular formula is C20H32O3. The van der Waals surface area contributed by atoms with Gasteiger partial charge in [0.25, 0.3) is 0 Å². The number of aliphatic hydroxyl groups is 1. The minimum Gasteiger partial charge on any atom is -0.481 e. The van der Waals surface area contributed by atoms with Crippen molar-refractivity contribution in [3.63, 3.8) is 0 Å². The number of hydrogen-bond donors (Lipinski definition) is 2. The molecule has 130 valence electrons. The van der Waals surface area contributed by atoms with Crippen LogP contribution in [0.1, 0.15) is 64.7 Å². The molecule has 23 heavy (non-hydrogen) atoms. The maximum atomic E-state index is 10.3. The van der Waals surface area contributed by atoms with Gasteiger partial charge in [-0.25, -0.2) is 0 Å². The average molecular weight is 320 g/mol. The Kier molecular flexibility index (Phi) is 15.6. The summed E-state index contributed by atoms with van der Waals surface area (Å²) in [5.41, 5.74) is 0. The number of allylic oxidation sites excluding steroid dienone is 6. The van der Waals surface area contributed by atoms with Crippen LogP contribution >= 0.6 is 0 Å². The van der Waals surface area contributed by atoms with E-state index in [0.29, 0.717) is 6.42 Å². The van der Waals surface area contributed by atoms with E-state index in [1.54, 1.807) is 0 Å². The van der Waals surface area contributed by atoms with Gasteiger partial charge in [0.15, 0.2) is 0 Å². The topological polar surface area (TPSA) is 57.5 Å². The number of hydrogen-bond acceptors (Lipinski definition) is 2. The fraction of sp³-hybridized carbons (Fsp3) is 0.550. The lowest BCUT2D eigenvalue weighted by molar-refractivity contribution is -0.137. The van der Waals surface area contributed by atoms with Crippen LogP contribution in [0.2, 0.25) is 0 Å². The largest absolute Gasteiger partial charge is 0.481 e. The van der Waals surface area contributed by atoms with E-state index in [4.69, 9.17) is 5.11 Å². The summed E-state index contributed by atoms with van der Waals surface area (Å²) >= 11 is 0. The first-order valence-corrected chi connectivity index (χ1v) is 8.70. The third-order valence-electron chi connectivity index (χ3n) is 3.28. The normalized spacial score (nSPS) is 13.8. The van der Waals surface area contributed by atoms with Gasteiger partial charge in [-0.05, 0) is 38.5 Å². The lowest BCUT2D eigenvalue weighted by Gasteiger charge is -1.97. The highest BCUT2D eigenvalue weighted by Crippen LogP contribution is 2.02. The Morgan fingerprint density at radius 1 is 0.870 bits per heavy atom. The van der Waals surface area contributed by atoms with Gasteiger partial charge in [-0.2, -0.15) is 0 Å². The van der Waals surface area contributed by atoms with Crippen LogP contribution in [0.3, 0.4) is 0 Å². The summed E-state index contributed by atoms with van der Waals surface area (Å²) in [7, 11) is 0. The van der Waals surface area contributed by atoms with E-state index in [0.717, 1.165) is 25.7 Å². The van der Waals surface area contributed by atoms with Gasteiger partial charge in [0.05, 0.1) is 6.10 Å². The Labute approximate surface area is 141 Å². The molecule has 0 aliphatic rings. The molecule has 2 N–H and O–H groups in total. The van der Waals surface area contributed by atoms with E-state index >= 15 is 0 Å². The molecule has 0 saturated heterocycles. The molecule has 3 heteroatoms. The predicted molar refractivity (Wildman–Crippen MR) is 97.4 cm³/mol. The van der Waals surface area contributed by atoms with Crippen LogP contribution in [0.4, 0.5) is 0 Å². The van der Waals surface area contributed by atoms with E-state index in [-0.39, 0.29) is 6.42 Å². The first-order valence-electron chi connectivity index (χ1n) is 8.70. The summed E-state index contributed by atoms with van der Waals surface area (Å²) in [5, 5.41) is 18.2. The van der Waals surface area contributed by atoms with Crippen molar-refractivity contribution in [1.82, 2.24) is 0 Å². The SMILES string of the molecule is CCCCC/C=C\[C@@H](O)/C=C\C/C=C\C/C=C\CCCC(=O)O. The van der Waals surface area contributed by atoms with E-state index in [1.165, 1.54) is 19.3 Å². The van der Waals surface area contributed by atoms with E-state index in [1.807, 2.05) is 24.3 Å². The second-order valence-electron chi connectivity index (χ2n) is 5.54. The molecule has 0 rings (SSSR count). The van der Waals surface area contributed by atoms with Crippen molar-refractivity contribution in [2.24, 2.45) is 0 Å². The fourth-order valence-corrected chi connectivity index (χ4v) is 1.96. The molecule has 0 unspecified atom stereocenters. The first-order chi connectivity index (χ1) is 11.2. The summed E-state index contributed by atoms with van der Waals surface area (Å²) < 4.78 is 0. The molecule has 0 fully saturated rings. The number of aliphatic hydroxyl groups excluding tert-OH is 1. The molecular weight excluding hydrogens is 288 g/mol. The zero-order chi connectivity index (χ0) is 17.2. The number of unbranched alkanes of at least 4 members (excludes halogenated alkanes) is 4. The van der Waals surface area contributed by atoms with Gasteiger partial charge < -0.3 is 10.2 Å². The van der Waals surface area contributed by atoms with Crippen molar-refractivity contribution in [3.05, 3.63) is 48.6 Å².